The van der Waals surface area contributed by atoms with Gasteiger partial charge in [0.1, 0.15) is 0 Å². The Hall–Kier alpha value is -1.49. The topological polar surface area (TPSA) is 61.3 Å². The van der Waals surface area contributed by atoms with Gasteiger partial charge in [0, 0.05) is 11.9 Å². The standard InChI is InChI=1S/C11H14N2O3/c1-3-8-4-5-12-9(13-8)11(6-16-7-11)10(14)15-2/h4-5H,3,6-7H2,1-2H3. The highest BCUT2D eigenvalue weighted by atomic mass is 16.5. The van der Waals surface area contributed by atoms with Crippen molar-refractivity contribution in [3.63, 3.8) is 0 Å². The summed E-state index contributed by atoms with van der Waals surface area (Å²) in [5.74, 6) is 0.178. The van der Waals surface area contributed by atoms with Gasteiger partial charge in [-0.25, -0.2) is 9.97 Å². The molecular formula is C11H14N2O3. The first-order valence-corrected chi connectivity index (χ1v) is 5.21. The van der Waals surface area contributed by atoms with E-state index < -0.39 is 5.41 Å². The van der Waals surface area contributed by atoms with Crippen LogP contribution in [-0.2, 0) is 26.1 Å². The van der Waals surface area contributed by atoms with Crippen molar-refractivity contribution in [3.8, 4) is 0 Å². The van der Waals surface area contributed by atoms with Crippen LogP contribution >= 0.6 is 0 Å². The van der Waals surface area contributed by atoms with Crippen LogP contribution in [0.4, 0.5) is 0 Å². The highest BCUT2D eigenvalue weighted by Gasteiger charge is 2.51. The Labute approximate surface area is 93.8 Å². The van der Waals surface area contributed by atoms with Gasteiger partial charge in [-0.1, -0.05) is 6.92 Å². The maximum atomic E-state index is 11.7. The van der Waals surface area contributed by atoms with Crippen LogP contribution in [0.3, 0.4) is 0 Å². The predicted molar refractivity (Wildman–Crippen MR) is 55.9 cm³/mol. The van der Waals surface area contributed by atoms with Gasteiger partial charge in [-0.3, -0.25) is 4.79 Å². The molecule has 0 radical (unpaired) electrons. The second-order valence-corrected chi connectivity index (χ2v) is 3.79. The van der Waals surface area contributed by atoms with Gasteiger partial charge >= 0.3 is 5.97 Å². The molecule has 16 heavy (non-hydrogen) atoms. The molecule has 86 valence electrons. The Morgan fingerprint density at radius 2 is 2.38 bits per heavy atom. The molecule has 0 atom stereocenters. The summed E-state index contributed by atoms with van der Waals surface area (Å²) < 4.78 is 9.89. The molecule has 0 unspecified atom stereocenters. The third-order valence-electron chi connectivity index (χ3n) is 2.78. The normalized spacial score (nSPS) is 17.6. The van der Waals surface area contributed by atoms with E-state index in [1.807, 2.05) is 13.0 Å². The number of ether oxygens (including phenoxy) is 2. The van der Waals surface area contributed by atoms with Crippen molar-refractivity contribution < 1.29 is 14.3 Å². The van der Waals surface area contributed by atoms with Gasteiger partial charge in [-0.05, 0) is 12.5 Å². The summed E-state index contributed by atoms with van der Waals surface area (Å²) in [5, 5.41) is 0. The molecule has 0 spiro atoms. The summed E-state index contributed by atoms with van der Waals surface area (Å²) in [4.78, 5) is 20.3. The van der Waals surface area contributed by atoms with Crippen LogP contribution in [0.2, 0.25) is 0 Å². The van der Waals surface area contributed by atoms with E-state index in [4.69, 9.17) is 9.47 Å². The second kappa shape index (κ2) is 4.17. The van der Waals surface area contributed by atoms with Crippen LogP contribution in [-0.4, -0.2) is 36.3 Å². The largest absolute Gasteiger partial charge is 0.468 e. The quantitative estimate of drug-likeness (QED) is 0.696. The summed E-state index contributed by atoms with van der Waals surface area (Å²) in [6, 6.07) is 1.84. The molecule has 0 aliphatic carbocycles. The van der Waals surface area contributed by atoms with E-state index >= 15 is 0 Å². The van der Waals surface area contributed by atoms with Crippen molar-refractivity contribution in [2.45, 2.75) is 18.8 Å². The fourth-order valence-corrected chi connectivity index (χ4v) is 1.66. The number of aromatic nitrogens is 2. The molecule has 1 saturated heterocycles. The number of hydrogen-bond acceptors (Lipinski definition) is 5. The zero-order valence-electron chi connectivity index (χ0n) is 9.40. The minimum Gasteiger partial charge on any atom is -0.468 e. The van der Waals surface area contributed by atoms with E-state index in [1.165, 1.54) is 7.11 Å². The number of methoxy groups -OCH3 is 1. The average Bonchev–Trinajstić information content (AvgIpc) is 2.27. The minimum atomic E-state index is -0.792. The lowest BCUT2D eigenvalue weighted by Crippen LogP contribution is -2.54. The van der Waals surface area contributed by atoms with Gasteiger partial charge in [0.15, 0.2) is 11.2 Å². The number of aryl methyl sites for hydroxylation is 1. The van der Waals surface area contributed by atoms with E-state index in [1.54, 1.807) is 6.20 Å². The first-order valence-electron chi connectivity index (χ1n) is 5.21. The maximum Gasteiger partial charge on any atom is 0.324 e. The first-order chi connectivity index (χ1) is 7.73. The predicted octanol–water partition coefficient (Wildman–Crippen LogP) is 0.480. The number of rotatable bonds is 3. The monoisotopic (exact) mass is 222 g/mol. The fourth-order valence-electron chi connectivity index (χ4n) is 1.66. The molecule has 0 N–H and O–H groups in total. The molecule has 1 aromatic rings. The van der Waals surface area contributed by atoms with Crippen molar-refractivity contribution in [1.82, 2.24) is 9.97 Å². The Balaban J connectivity index is 2.36. The number of esters is 1. The third-order valence-corrected chi connectivity index (χ3v) is 2.78. The Morgan fingerprint density at radius 1 is 1.62 bits per heavy atom. The van der Waals surface area contributed by atoms with Crippen LogP contribution in [0, 0.1) is 0 Å². The minimum absolute atomic E-state index is 0.298. The molecule has 2 heterocycles. The SMILES string of the molecule is CCc1ccnc(C2(C(=O)OC)COC2)n1. The molecule has 1 fully saturated rings. The van der Waals surface area contributed by atoms with Crippen molar-refractivity contribution in [1.29, 1.82) is 0 Å². The van der Waals surface area contributed by atoms with Crippen LogP contribution in [0.1, 0.15) is 18.4 Å². The van der Waals surface area contributed by atoms with Crippen LogP contribution < -0.4 is 0 Å². The molecule has 5 nitrogen and oxygen atoms in total. The van der Waals surface area contributed by atoms with E-state index in [-0.39, 0.29) is 5.97 Å². The average molecular weight is 222 g/mol. The van der Waals surface area contributed by atoms with Crippen LogP contribution in [0.25, 0.3) is 0 Å². The molecule has 1 aliphatic rings. The summed E-state index contributed by atoms with van der Waals surface area (Å²) in [6.07, 6.45) is 2.48. The number of nitrogens with zero attached hydrogens (tertiary/aromatic N) is 2. The Bertz CT molecular complexity index is 402. The highest BCUT2D eigenvalue weighted by molar-refractivity contribution is 5.83. The zero-order chi connectivity index (χ0) is 11.6. The van der Waals surface area contributed by atoms with Crippen molar-refractivity contribution in [2.24, 2.45) is 0 Å². The first kappa shape index (κ1) is 11.0. The molecule has 1 aliphatic heterocycles. The van der Waals surface area contributed by atoms with E-state index in [2.05, 4.69) is 9.97 Å². The molecule has 5 heteroatoms. The maximum absolute atomic E-state index is 11.7. The molecule has 0 amide bonds. The van der Waals surface area contributed by atoms with Gasteiger partial charge < -0.3 is 9.47 Å². The van der Waals surface area contributed by atoms with Crippen molar-refractivity contribution in [3.05, 3.63) is 23.8 Å². The number of carbonyl (C=O) groups excluding carboxylic acids is 1. The lowest BCUT2D eigenvalue weighted by Gasteiger charge is -2.36. The van der Waals surface area contributed by atoms with Gasteiger partial charge in [0.2, 0.25) is 0 Å². The van der Waals surface area contributed by atoms with Gasteiger partial charge in [0.05, 0.1) is 20.3 Å². The summed E-state index contributed by atoms with van der Waals surface area (Å²) >= 11 is 0. The fraction of sp³-hybridized carbons (Fsp3) is 0.545. The zero-order valence-corrected chi connectivity index (χ0v) is 9.40. The summed E-state index contributed by atoms with van der Waals surface area (Å²) in [5.41, 5.74) is 0.125. The molecule has 1 aromatic heterocycles. The Morgan fingerprint density at radius 3 is 2.88 bits per heavy atom. The second-order valence-electron chi connectivity index (χ2n) is 3.79. The van der Waals surface area contributed by atoms with Crippen molar-refractivity contribution in [2.75, 3.05) is 20.3 Å². The number of hydrogen-bond donors (Lipinski definition) is 0. The third kappa shape index (κ3) is 1.57. The van der Waals surface area contributed by atoms with E-state index in [0.29, 0.717) is 19.0 Å². The van der Waals surface area contributed by atoms with Gasteiger partial charge in [-0.2, -0.15) is 0 Å². The summed E-state index contributed by atoms with van der Waals surface area (Å²) in [6.45, 7) is 2.61. The molecule has 2 rings (SSSR count). The molecule has 0 saturated carbocycles. The van der Waals surface area contributed by atoms with Gasteiger partial charge in [-0.15, -0.1) is 0 Å². The van der Waals surface area contributed by atoms with E-state index in [0.717, 1.165) is 12.1 Å². The lowest BCUT2D eigenvalue weighted by atomic mass is 9.85. The molecular weight excluding hydrogens is 208 g/mol. The summed E-state index contributed by atoms with van der Waals surface area (Å²) in [7, 11) is 1.37. The molecule has 0 aromatic carbocycles. The smallest absolute Gasteiger partial charge is 0.324 e. The number of carbonyl (C=O) groups is 1. The van der Waals surface area contributed by atoms with Crippen LogP contribution in [0.5, 0.6) is 0 Å². The lowest BCUT2D eigenvalue weighted by molar-refractivity contribution is -0.167. The highest BCUT2D eigenvalue weighted by Crippen LogP contribution is 2.31. The van der Waals surface area contributed by atoms with Crippen molar-refractivity contribution >= 4 is 5.97 Å². The van der Waals surface area contributed by atoms with Gasteiger partial charge in [0.25, 0.3) is 0 Å². The van der Waals surface area contributed by atoms with Crippen LogP contribution in [0.15, 0.2) is 12.3 Å². The molecule has 0 bridgehead atoms. The van der Waals surface area contributed by atoms with E-state index in [9.17, 15) is 4.79 Å². The Kier molecular flexibility index (Phi) is 2.87.